The van der Waals surface area contributed by atoms with E-state index in [1.807, 2.05) is 12.2 Å². The van der Waals surface area contributed by atoms with E-state index < -0.39 is 67.3 Å². The highest BCUT2D eigenvalue weighted by Crippen LogP contribution is 2.26. The molecule has 1 rings (SSSR count). The fraction of sp³-hybridized carbons (Fsp3) is 0.683. The average Bonchev–Trinajstić information content (AvgIpc) is 3.39. The van der Waals surface area contributed by atoms with E-state index in [0.29, 0.717) is 19.3 Å². The summed E-state index contributed by atoms with van der Waals surface area (Å²) in [6, 6.07) is 0. The number of aliphatic hydroxyl groups is 2. The van der Waals surface area contributed by atoms with Gasteiger partial charge in [0.15, 0.2) is 24.6 Å². The highest BCUT2D eigenvalue weighted by atomic mass is 16.7. The fourth-order valence-corrected chi connectivity index (χ4v) is 8.17. The van der Waals surface area contributed by atoms with Crippen molar-refractivity contribution in [2.24, 2.45) is 0 Å². The van der Waals surface area contributed by atoms with Gasteiger partial charge in [-0.25, -0.2) is 4.79 Å². The minimum atomic E-state index is -1.92. The van der Waals surface area contributed by atoms with Crippen LogP contribution in [-0.4, -0.2) is 89.2 Å². The van der Waals surface area contributed by atoms with Crippen LogP contribution in [0.25, 0.3) is 0 Å². The topological polar surface area (TPSA) is 175 Å². The first-order valence-electron chi connectivity index (χ1n) is 29.2. The van der Waals surface area contributed by atoms with Crippen molar-refractivity contribution >= 4 is 23.9 Å². The van der Waals surface area contributed by atoms with E-state index in [2.05, 4.69) is 99.8 Å². The minimum absolute atomic E-state index is 0.0210. The third-order valence-corrected chi connectivity index (χ3v) is 12.6. The maximum absolute atomic E-state index is 13.1. The molecular weight excluding hydrogens is 949 g/mol. The number of carbonyl (C=O) groups excluding carboxylic acids is 3. The molecule has 0 saturated carbocycles. The smallest absolute Gasteiger partial charge is 0.335 e. The molecule has 0 aromatic heterocycles. The van der Waals surface area contributed by atoms with Gasteiger partial charge in [-0.05, 0) is 103 Å². The Bertz CT molecular complexity index is 1670. The number of aliphatic hydroxyl groups excluding tert-OH is 2. The van der Waals surface area contributed by atoms with Crippen LogP contribution in [0.2, 0.25) is 0 Å². The number of unbranched alkanes of at least 4 members (excludes halogenated alkanes) is 19. The molecule has 6 atom stereocenters. The van der Waals surface area contributed by atoms with Gasteiger partial charge in [0, 0.05) is 12.8 Å². The first-order chi connectivity index (χ1) is 36.6. The predicted molar refractivity (Wildman–Crippen MR) is 303 cm³/mol. The Morgan fingerprint density at radius 3 is 1.39 bits per heavy atom. The molecule has 0 bridgehead atoms. The van der Waals surface area contributed by atoms with Crippen molar-refractivity contribution in [1.82, 2.24) is 0 Å². The van der Waals surface area contributed by atoms with Crippen LogP contribution in [0, 0.1) is 0 Å². The molecule has 12 heteroatoms. The number of esters is 3. The molecule has 1 aliphatic heterocycles. The van der Waals surface area contributed by atoms with Gasteiger partial charge in [-0.2, -0.15) is 0 Å². The first-order valence-corrected chi connectivity index (χ1v) is 29.2. The zero-order valence-corrected chi connectivity index (χ0v) is 46.8. The lowest BCUT2D eigenvalue weighted by atomic mass is 9.98. The molecule has 6 unspecified atom stereocenters. The fourth-order valence-electron chi connectivity index (χ4n) is 8.17. The Labute approximate surface area is 453 Å². The van der Waals surface area contributed by atoms with Crippen LogP contribution in [0.3, 0.4) is 0 Å². The average molecular weight is 1050 g/mol. The van der Waals surface area contributed by atoms with Gasteiger partial charge in [0.05, 0.1) is 13.0 Å². The van der Waals surface area contributed by atoms with Crippen LogP contribution < -0.4 is 0 Å². The molecule has 1 fully saturated rings. The standard InChI is InChI=1S/C63H102O12/c1-4-7-10-13-16-19-22-25-28-31-34-37-40-43-46-49-55(64)71-52-54(73-56(65)50-47-44-41-38-35-32-29-26-23-20-17-14-11-8-5-2)53-72-63-61(59(68)58(67)60(75-63)62(69)70)74-57(66)51-48-45-42-39-36-33-30-27-24-21-18-15-12-9-6-3/h7,10,16,18-19,21,25-30,34,37,43,46,54,58-61,63,67-68H,4-6,8-9,11-15,17,20,22-24,31-33,35-36,38-42,44-45,47-53H2,1-3H3,(H,69,70)/b10-7-,19-16-,21-18-,28-25-,29-26-,30-27-,37-34-,46-43-. The molecule has 1 saturated heterocycles. The first kappa shape index (κ1) is 68.7. The molecule has 75 heavy (non-hydrogen) atoms. The van der Waals surface area contributed by atoms with E-state index in [0.717, 1.165) is 109 Å². The summed E-state index contributed by atoms with van der Waals surface area (Å²) in [5.74, 6) is -3.32. The van der Waals surface area contributed by atoms with Gasteiger partial charge in [-0.15, -0.1) is 0 Å². The van der Waals surface area contributed by atoms with Crippen molar-refractivity contribution in [1.29, 1.82) is 0 Å². The van der Waals surface area contributed by atoms with E-state index in [-0.39, 0.29) is 25.9 Å². The summed E-state index contributed by atoms with van der Waals surface area (Å²) in [6.07, 6.45) is 54.0. The second kappa shape index (κ2) is 50.5. The number of allylic oxidation sites excluding steroid dienone is 15. The molecule has 12 nitrogen and oxygen atoms in total. The lowest BCUT2D eigenvalue weighted by Crippen LogP contribution is -2.61. The number of carboxylic acids is 1. The van der Waals surface area contributed by atoms with Gasteiger partial charge in [0.1, 0.15) is 18.8 Å². The number of carboxylic acid groups (broad SMARTS) is 1. The Hall–Kier alpha value is -4.36. The van der Waals surface area contributed by atoms with Gasteiger partial charge in [-0.3, -0.25) is 14.4 Å². The molecule has 3 N–H and O–H groups in total. The maximum atomic E-state index is 13.1. The van der Waals surface area contributed by atoms with Gasteiger partial charge < -0.3 is 39.0 Å². The highest BCUT2D eigenvalue weighted by Gasteiger charge is 2.50. The highest BCUT2D eigenvalue weighted by molar-refractivity contribution is 5.74. The Morgan fingerprint density at radius 1 is 0.467 bits per heavy atom. The third-order valence-electron chi connectivity index (χ3n) is 12.6. The molecule has 0 aromatic rings. The van der Waals surface area contributed by atoms with Crippen molar-refractivity contribution in [3.63, 3.8) is 0 Å². The number of hydrogen-bond donors (Lipinski definition) is 3. The van der Waals surface area contributed by atoms with Crippen LogP contribution in [-0.2, 0) is 42.9 Å². The Balaban J connectivity index is 2.77. The van der Waals surface area contributed by atoms with E-state index in [1.54, 1.807) is 6.08 Å². The van der Waals surface area contributed by atoms with Gasteiger partial charge in [0.25, 0.3) is 0 Å². The number of ether oxygens (including phenoxy) is 5. The predicted octanol–water partition coefficient (Wildman–Crippen LogP) is 14.9. The SMILES string of the molecule is CC/C=C\C/C=C\C/C=C\C/C=C\C/C=C\CC(=O)OCC(COC1OC(C(=O)O)C(O)C(O)C1OC(=O)CCCCCCC/C=C\C/C=C\CCCCC)OC(=O)CCCCCCC/C=C\CCCCCCCC. The maximum Gasteiger partial charge on any atom is 0.335 e. The van der Waals surface area contributed by atoms with E-state index in [4.69, 9.17) is 23.7 Å². The van der Waals surface area contributed by atoms with Crippen LogP contribution >= 0.6 is 0 Å². The van der Waals surface area contributed by atoms with Crippen LogP contribution in [0.15, 0.2) is 97.2 Å². The van der Waals surface area contributed by atoms with Crippen molar-refractivity contribution in [2.45, 2.75) is 263 Å². The molecule has 1 aliphatic rings. The summed E-state index contributed by atoms with van der Waals surface area (Å²) in [7, 11) is 0. The third kappa shape index (κ3) is 40.6. The second-order valence-electron chi connectivity index (χ2n) is 19.6. The number of rotatable bonds is 48. The number of aliphatic carboxylic acids is 1. The van der Waals surface area contributed by atoms with Crippen molar-refractivity contribution in [3.8, 4) is 0 Å². The number of carbonyl (C=O) groups is 4. The zero-order valence-electron chi connectivity index (χ0n) is 46.8. The summed E-state index contributed by atoms with van der Waals surface area (Å²) in [6.45, 7) is 5.73. The van der Waals surface area contributed by atoms with Crippen molar-refractivity contribution in [2.75, 3.05) is 13.2 Å². The lowest BCUT2D eigenvalue weighted by Gasteiger charge is -2.40. The lowest BCUT2D eigenvalue weighted by molar-refractivity contribution is -0.301. The summed E-state index contributed by atoms with van der Waals surface area (Å²) in [4.78, 5) is 51.0. The normalized spacial score (nSPS) is 18.9. The van der Waals surface area contributed by atoms with Gasteiger partial charge >= 0.3 is 23.9 Å². The molecular formula is C63H102O12. The van der Waals surface area contributed by atoms with E-state index >= 15 is 0 Å². The zero-order chi connectivity index (χ0) is 54.7. The number of hydrogen-bond acceptors (Lipinski definition) is 11. The van der Waals surface area contributed by atoms with Crippen LogP contribution in [0.4, 0.5) is 0 Å². The van der Waals surface area contributed by atoms with Crippen LogP contribution in [0.1, 0.15) is 226 Å². The summed E-state index contributed by atoms with van der Waals surface area (Å²) in [5.41, 5.74) is 0. The monoisotopic (exact) mass is 1050 g/mol. The van der Waals surface area contributed by atoms with Crippen molar-refractivity contribution < 1.29 is 58.2 Å². The van der Waals surface area contributed by atoms with Crippen LogP contribution in [0.5, 0.6) is 0 Å². The molecule has 0 amide bonds. The molecule has 0 aromatic carbocycles. The van der Waals surface area contributed by atoms with Gasteiger partial charge in [-0.1, -0.05) is 201 Å². The summed E-state index contributed by atoms with van der Waals surface area (Å²) >= 11 is 0. The van der Waals surface area contributed by atoms with Gasteiger partial charge in [0.2, 0.25) is 0 Å². The molecule has 0 radical (unpaired) electrons. The molecule has 1 heterocycles. The quantitative estimate of drug-likeness (QED) is 0.0228. The Morgan fingerprint density at radius 2 is 0.880 bits per heavy atom. The van der Waals surface area contributed by atoms with E-state index in [9.17, 15) is 34.5 Å². The molecule has 0 aliphatic carbocycles. The summed E-state index contributed by atoms with van der Waals surface area (Å²) < 4.78 is 28.3. The largest absolute Gasteiger partial charge is 0.479 e. The second-order valence-corrected chi connectivity index (χ2v) is 19.6. The van der Waals surface area contributed by atoms with Crippen molar-refractivity contribution in [3.05, 3.63) is 97.2 Å². The molecule has 0 spiro atoms. The van der Waals surface area contributed by atoms with E-state index in [1.165, 1.54) is 57.8 Å². The summed E-state index contributed by atoms with van der Waals surface area (Å²) in [5, 5.41) is 31.5. The Kier molecular flexibility index (Phi) is 46.2. The minimum Gasteiger partial charge on any atom is -0.479 e. The molecule has 426 valence electrons.